The van der Waals surface area contributed by atoms with Crippen molar-refractivity contribution >= 4 is 17.5 Å². The second-order valence-electron chi connectivity index (χ2n) is 5.77. The van der Waals surface area contributed by atoms with Gasteiger partial charge in [0.15, 0.2) is 5.66 Å². The number of carbonyl (C=O) groups excluding carboxylic acids is 1. The van der Waals surface area contributed by atoms with Crippen LogP contribution in [0.2, 0.25) is 5.15 Å². The molecule has 6 heteroatoms. The summed E-state index contributed by atoms with van der Waals surface area (Å²) in [5.41, 5.74) is 1.16. The van der Waals surface area contributed by atoms with Crippen LogP contribution in [0.15, 0.2) is 22.5 Å². The molecule has 2 heterocycles. The van der Waals surface area contributed by atoms with Crippen molar-refractivity contribution in [2.75, 3.05) is 6.54 Å². The molecular formula is C16H17ClN4O. The summed E-state index contributed by atoms with van der Waals surface area (Å²) in [6, 6.07) is 1.85. The van der Waals surface area contributed by atoms with Crippen LogP contribution in [0, 0.1) is 12.3 Å². The standard InChI is InChI=1S/C16H17ClN4O/c1-2-3-6-16(20-21-16)7-8-18-15(22)12-9-13(11-4-5-11)14(17)19-10-12/h1,9-11H,3-8H2,(H,18,22). The van der Waals surface area contributed by atoms with Crippen LogP contribution in [0.1, 0.15) is 53.9 Å². The van der Waals surface area contributed by atoms with E-state index in [2.05, 4.69) is 26.4 Å². The monoisotopic (exact) mass is 316 g/mol. The van der Waals surface area contributed by atoms with Gasteiger partial charge >= 0.3 is 0 Å². The Morgan fingerprint density at radius 3 is 2.86 bits per heavy atom. The normalized spacial score (nSPS) is 17.8. The van der Waals surface area contributed by atoms with Crippen molar-refractivity contribution in [3.8, 4) is 12.3 Å². The zero-order chi connectivity index (χ0) is 15.6. The van der Waals surface area contributed by atoms with E-state index in [1.54, 1.807) is 0 Å². The molecule has 1 amide bonds. The highest BCUT2D eigenvalue weighted by molar-refractivity contribution is 6.30. The van der Waals surface area contributed by atoms with E-state index in [1.165, 1.54) is 6.20 Å². The summed E-state index contributed by atoms with van der Waals surface area (Å²) in [4.78, 5) is 16.3. The van der Waals surface area contributed by atoms with Crippen LogP contribution in [0.3, 0.4) is 0 Å². The van der Waals surface area contributed by atoms with Gasteiger partial charge in [-0.1, -0.05) is 11.6 Å². The van der Waals surface area contributed by atoms with Crippen molar-refractivity contribution in [2.45, 2.75) is 43.7 Å². The number of nitrogens with one attached hydrogen (secondary N) is 1. The maximum atomic E-state index is 12.2. The first-order valence-electron chi connectivity index (χ1n) is 7.45. The van der Waals surface area contributed by atoms with E-state index in [4.69, 9.17) is 18.0 Å². The van der Waals surface area contributed by atoms with Gasteiger partial charge in [-0.2, -0.15) is 10.2 Å². The fourth-order valence-electron chi connectivity index (χ4n) is 2.42. The molecule has 3 rings (SSSR count). The Balaban J connectivity index is 1.52. The van der Waals surface area contributed by atoms with Gasteiger partial charge in [-0.25, -0.2) is 4.98 Å². The Hall–Kier alpha value is -1.93. The predicted molar refractivity (Wildman–Crippen MR) is 83.8 cm³/mol. The number of aromatic nitrogens is 1. The fraction of sp³-hybridized carbons (Fsp3) is 0.500. The Labute approximate surface area is 134 Å². The van der Waals surface area contributed by atoms with Crippen molar-refractivity contribution in [1.82, 2.24) is 10.3 Å². The van der Waals surface area contributed by atoms with Crippen LogP contribution >= 0.6 is 11.6 Å². The minimum Gasteiger partial charge on any atom is -0.352 e. The molecule has 0 atom stereocenters. The van der Waals surface area contributed by atoms with E-state index in [-0.39, 0.29) is 11.6 Å². The quantitative estimate of drug-likeness (QED) is 0.619. The third-order valence-corrected chi connectivity index (χ3v) is 4.32. The third-order valence-electron chi connectivity index (χ3n) is 4.01. The first kappa shape index (κ1) is 15.0. The van der Waals surface area contributed by atoms with Crippen molar-refractivity contribution in [2.24, 2.45) is 10.2 Å². The molecule has 1 aromatic rings. The zero-order valence-electron chi connectivity index (χ0n) is 12.2. The van der Waals surface area contributed by atoms with Crippen LogP contribution in [0.4, 0.5) is 0 Å². The molecule has 2 aliphatic rings. The highest BCUT2D eigenvalue weighted by atomic mass is 35.5. The predicted octanol–water partition coefficient (Wildman–Crippen LogP) is 3.31. The number of amides is 1. The zero-order valence-corrected chi connectivity index (χ0v) is 12.9. The maximum Gasteiger partial charge on any atom is 0.252 e. The molecule has 1 aliphatic heterocycles. The highest BCUT2D eigenvalue weighted by Crippen LogP contribution is 2.42. The number of hydrogen-bond donors (Lipinski definition) is 1. The number of terminal acetylenes is 1. The molecular weight excluding hydrogens is 300 g/mol. The SMILES string of the molecule is C#CCCC1(CCNC(=O)c2cnc(Cl)c(C3CC3)c2)N=N1. The Morgan fingerprint density at radius 2 is 2.23 bits per heavy atom. The number of carbonyl (C=O) groups is 1. The number of nitrogens with zero attached hydrogens (tertiary/aromatic N) is 3. The van der Waals surface area contributed by atoms with Crippen molar-refractivity contribution in [3.05, 3.63) is 28.5 Å². The van der Waals surface area contributed by atoms with E-state index < -0.39 is 0 Å². The average Bonchev–Trinajstić information content (AvgIpc) is 3.41. The first-order chi connectivity index (χ1) is 10.6. The lowest BCUT2D eigenvalue weighted by Crippen LogP contribution is -2.28. The van der Waals surface area contributed by atoms with Gasteiger partial charge in [0.1, 0.15) is 5.15 Å². The second kappa shape index (κ2) is 6.05. The van der Waals surface area contributed by atoms with Gasteiger partial charge in [-0.15, -0.1) is 12.3 Å². The van der Waals surface area contributed by atoms with Crippen LogP contribution < -0.4 is 5.32 Å². The van der Waals surface area contributed by atoms with Gasteiger partial charge in [0.05, 0.1) is 5.56 Å². The number of hydrogen-bond acceptors (Lipinski definition) is 4. The summed E-state index contributed by atoms with van der Waals surface area (Å²) in [6.45, 7) is 0.512. The van der Waals surface area contributed by atoms with Crippen LogP contribution in [0.5, 0.6) is 0 Å². The second-order valence-corrected chi connectivity index (χ2v) is 6.13. The molecule has 0 radical (unpaired) electrons. The molecule has 1 saturated carbocycles. The molecule has 1 fully saturated rings. The summed E-state index contributed by atoms with van der Waals surface area (Å²) >= 11 is 6.07. The van der Waals surface area contributed by atoms with Crippen LogP contribution in [0.25, 0.3) is 0 Å². The Kier molecular flexibility index (Phi) is 4.12. The van der Waals surface area contributed by atoms with Gasteiger partial charge in [-0.05, 0) is 30.4 Å². The molecule has 0 unspecified atom stereocenters. The number of halogens is 1. The van der Waals surface area contributed by atoms with Gasteiger partial charge in [0.25, 0.3) is 5.91 Å². The molecule has 114 valence electrons. The number of pyridine rings is 1. The smallest absolute Gasteiger partial charge is 0.252 e. The lowest BCUT2D eigenvalue weighted by molar-refractivity contribution is 0.0951. The molecule has 0 saturated heterocycles. The maximum absolute atomic E-state index is 12.2. The summed E-state index contributed by atoms with van der Waals surface area (Å²) < 4.78 is 0. The van der Waals surface area contributed by atoms with E-state index in [0.717, 1.165) is 24.8 Å². The van der Waals surface area contributed by atoms with Crippen molar-refractivity contribution in [3.63, 3.8) is 0 Å². The van der Waals surface area contributed by atoms with E-state index in [0.29, 0.717) is 36.0 Å². The highest BCUT2D eigenvalue weighted by Gasteiger charge is 2.38. The van der Waals surface area contributed by atoms with E-state index in [9.17, 15) is 4.79 Å². The summed E-state index contributed by atoms with van der Waals surface area (Å²) in [7, 11) is 0. The molecule has 1 N–H and O–H groups in total. The van der Waals surface area contributed by atoms with Gasteiger partial charge in [0.2, 0.25) is 0 Å². The average molecular weight is 317 g/mol. The Morgan fingerprint density at radius 1 is 1.45 bits per heavy atom. The lowest BCUT2D eigenvalue weighted by Gasteiger charge is -2.10. The summed E-state index contributed by atoms with van der Waals surface area (Å²) in [5, 5.41) is 11.5. The van der Waals surface area contributed by atoms with Gasteiger partial charge in [-0.3, -0.25) is 4.79 Å². The van der Waals surface area contributed by atoms with E-state index >= 15 is 0 Å². The number of rotatable bonds is 7. The summed E-state index contributed by atoms with van der Waals surface area (Å²) in [5.74, 6) is 2.91. The fourth-order valence-corrected chi connectivity index (χ4v) is 2.67. The minimum atomic E-state index is -0.364. The molecule has 0 spiro atoms. The molecule has 22 heavy (non-hydrogen) atoms. The van der Waals surface area contributed by atoms with Crippen molar-refractivity contribution in [1.29, 1.82) is 0 Å². The van der Waals surface area contributed by atoms with Crippen LogP contribution in [-0.2, 0) is 0 Å². The molecule has 0 aromatic carbocycles. The largest absolute Gasteiger partial charge is 0.352 e. The minimum absolute atomic E-state index is 0.140. The topological polar surface area (TPSA) is 66.7 Å². The third kappa shape index (κ3) is 3.45. The molecule has 1 aromatic heterocycles. The molecule has 1 aliphatic carbocycles. The van der Waals surface area contributed by atoms with Crippen LogP contribution in [-0.4, -0.2) is 23.1 Å². The Bertz CT molecular complexity index is 655. The first-order valence-corrected chi connectivity index (χ1v) is 7.82. The molecule has 0 bridgehead atoms. The van der Waals surface area contributed by atoms with E-state index in [1.807, 2.05) is 6.07 Å². The lowest BCUT2D eigenvalue weighted by atomic mass is 10.0. The van der Waals surface area contributed by atoms with Gasteiger partial charge in [0, 0.05) is 32.0 Å². The molecule has 5 nitrogen and oxygen atoms in total. The van der Waals surface area contributed by atoms with Crippen molar-refractivity contribution < 1.29 is 4.79 Å². The summed E-state index contributed by atoms with van der Waals surface area (Å²) in [6.07, 6.45) is 11.1. The van der Waals surface area contributed by atoms with Gasteiger partial charge < -0.3 is 5.32 Å².